The molecule has 0 atom stereocenters. The van der Waals surface area contributed by atoms with Gasteiger partial charge in [0, 0.05) is 6.20 Å². The molecule has 0 aromatic carbocycles. The number of aryl methyl sites for hydroxylation is 1. The Hall–Kier alpha value is -1.18. The molecule has 10 heavy (non-hydrogen) atoms. The molecule has 1 radical (unpaired) electrons. The molecule has 0 N–H and O–H groups in total. The Labute approximate surface area is 59.9 Å². The van der Waals surface area contributed by atoms with Gasteiger partial charge in [-0.2, -0.15) is 0 Å². The monoisotopic (exact) mass is 134 g/mol. The molecule has 51 valence electrons. The first-order chi connectivity index (χ1) is 4.88. The Morgan fingerprint density at radius 2 is 2.50 bits per heavy atom. The molecule has 1 rings (SSSR count). The Kier molecular flexibility index (Phi) is 2.15. The van der Waals surface area contributed by atoms with Gasteiger partial charge < -0.3 is 0 Å². The number of nitrogens with zero attached hydrogens (tertiary/aromatic N) is 1. The summed E-state index contributed by atoms with van der Waals surface area (Å²) in [5.74, 6) is 0. The zero-order chi connectivity index (χ0) is 7.40. The Morgan fingerprint density at radius 1 is 1.70 bits per heavy atom. The van der Waals surface area contributed by atoms with Crippen molar-refractivity contribution < 1.29 is 4.79 Å². The van der Waals surface area contributed by atoms with Crippen molar-refractivity contribution in [3.05, 3.63) is 29.6 Å². The van der Waals surface area contributed by atoms with Gasteiger partial charge in [0.15, 0.2) is 0 Å². The molecule has 0 bridgehead atoms. The highest BCUT2D eigenvalue weighted by Crippen LogP contribution is 2.01. The molecule has 0 unspecified atom stereocenters. The van der Waals surface area contributed by atoms with Crippen molar-refractivity contribution in [2.45, 2.75) is 13.3 Å². The van der Waals surface area contributed by atoms with Crippen LogP contribution in [0.2, 0.25) is 0 Å². The van der Waals surface area contributed by atoms with Gasteiger partial charge >= 0.3 is 0 Å². The highest BCUT2D eigenvalue weighted by atomic mass is 16.1. The van der Waals surface area contributed by atoms with Gasteiger partial charge in [-0.1, -0.05) is 13.0 Å². The van der Waals surface area contributed by atoms with Crippen molar-refractivity contribution in [3.63, 3.8) is 0 Å². The predicted molar refractivity (Wildman–Crippen MR) is 38.4 cm³/mol. The van der Waals surface area contributed by atoms with E-state index in [-0.39, 0.29) is 0 Å². The molecule has 0 saturated heterocycles. The number of hydrogen-bond acceptors (Lipinski definition) is 2. The second kappa shape index (κ2) is 3.11. The van der Waals surface area contributed by atoms with Gasteiger partial charge in [-0.25, -0.2) is 0 Å². The molecular formula is C8H8NO. The fraction of sp³-hybridized carbons (Fsp3) is 0.250. The van der Waals surface area contributed by atoms with Crippen LogP contribution in [0.5, 0.6) is 0 Å². The average Bonchev–Trinajstić information content (AvgIpc) is 2.04. The van der Waals surface area contributed by atoms with Gasteiger partial charge in [0.25, 0.3) is 6.29 Å². The van der Waals surface area contributed by atoms with E-state index in [1.54, 1.807) is 12.5 Å². The summed E-state index contributed by atoms with van der Waals surface area (Å²) in [4.78, 5) is 14.0. The quantitative estimate of drug-likeness (QED) is 0.606. The predicted octanol–water partition coefficient (Wildman–Crippen LogP) is 1.10. The Bertz CT molecular complexity index is 232. The third kappa shape index (κ3) is 1.21. The maximum atomic E-state index is 10.2. The fourth-order valence-electron chi connectivity index (χ4n) is 0.816. The van der Waals surface area contributed by atoms with E-state index < -0.39 is 0 Å². The standard InChI is InChI=1S/C8H8NO/c1-2-7-4-3-5-9-8(7)6-10/h3-5H,2H2,1H3. The van der Waals surface area contributed by atoms with E-state index in [9.17, 15) is 4.79 Å². The van der Waals surface area contributed by atoms with Crippen molar-refractivity contribution in [3.8, 4) is 0 Å². The first-order valence-electron chi connectivity index (χ1n) is 3.20. The van der Waals surface area contributed by atoms with Crippen LogP contribution < -0.4 is 0 Å². The first kappa shape index (κ1) is 6.93. The summed E-state index contributed by atoms with van der Waals surface area (Å²) in [6.07, 6.45) is 4.21. The van der Waals surface area contributed by atoms with Crippen LogP contribution in [0.25, 0.3) is 0 Å². The summed E-state index contributed by atoms with van der Waals surface area (Å²) in [6.45, 7) is 1.98. The smallest absolute Gasteiger partial charge is 0.253 e. The van der Waals surface area contributed by atoms with Crippen LogP contribution in [0.15, 0.2) is 18.3 Å². The van der Waals surface area contributed by atoms with Crippen LogP contribution in [0.4, 0.5) is 0 Å². The molecule has 2 nitrogen and oxygen atoms in total. The Balaban J connectivity index is 3.08. The van der Waals surface area contributed by atoms with Gasteiger partial charge in [-0.3, -0.25) is 9.78 Å². The molecule has 1 aromatic heterocycles. The van der Waals surface area contributed by atoms with E-state index in [0.717, 1.165) is 12.0 Å². The fourth-order valence-corrected chi connectivity index (χ4v) is 0.816. The minimum Gasteiger partial charge on any atom is -0.283 e. The normalized spacial score (nSPS) is 9.30. The van der Waals surface area contributed by atoms with Crippen molar-refractivity contribution in [2.75, 3.05) is 0 Å². The molecule has 1 aromatic rings. The second-order valence-corrected chi connectivity index (χ2v) is 1.97. The van der Waals surface area contributed by atoms with Crippen LogP contribution in [0.3, 0.4) is 0 Å². The summed E-state index contributed by atoms with van der Waals surface area (Å²) in [6, 6.07) is 3.70. The highest BCUT2D eigenvalue weighted by molar-refractivity contribution is 5.74. The summed E-state index contributed by atoms with van der Waals surface area (Å²) < 4.78 is 0. The molecule has 1 heterocycles. The van der Waals surface area contributed by atoms with Crippen LogP contribution >= 0.6 is 0 Å². The minimum absolute atomic E-state index is 0.435. The zero-order valence-electron chi connectivity index (χ0n) is 5.79. The lowest BCUT2D eigenvalue weighted by atomic mass is 10.1. The maximum Gasteiger partial charge on any atom is 0.253 e. The van der Waals surface area contributed by atoms with Crippen molar-refractivity contribution in [2.24, 2.45) is 0 Å². The number of rotatable bonds is 2. The minimum atomic E-state index is 0.435. The summed E-state index contributed by atoms with van der Waals surface area (Å²) in [5, 5.41) is 0. The molecule has 0 fully saturated rings. The lowest BCUT2D eigenvalue weighted by Gasteiger charge is -1.95. The van der Waals surface area contributed by atoms with Gasteiger partial charge in [0.05, 0.1) is 0 Å². The Morgan fingerprint density at radius 3 is 3.00 bits per heavy atom. The highest BCUT2D eigenvalue weighted by Gasteiger charge is 1.97. The largest absolute Gasteiger partial charge is 0.283 e. The molecule has 0 saturated carbocycles. The molecule has 0 aliphatic heterocycles. The first-order valence-corrected chi connectivity index (χ1v) is 3.20. The van der Waals surface area contributed by atoms with Crippen LogP contribution in [0, 0.1) is 0 Å². The average molecular weight is 134 g/mol. The van der Waals surface area contributed by atoms with Crippen molar-refractivity contribution in [1.29, 1.82) is 0 Å². The lowest BCUT2D eigenvalue weighted by molar-refractivity contribution is 0.561. The van der Waals surface area contributed by atoms with Gasteiger partial charge in [0.2, 0.25) is 0 Å². The summed E-state index contributed by atoms with van der Waals surface area (Å²) in [5.41, 5.74) is 1.39. The van der Waals surface area contributed by atoms with E-state index in [2.05, 4.69) is 4.98 Å². The number of hydrogen-bond donors (Lipinski definition) is 0. The van der Waals surface area contributed by atoms with Crippen LogP contribution in [0.1, 0.15) is 18.2 Å². The third-order valence-corrected chi connectivity index (χ3v) is 1.37. The summed E-state index contributed by atoms with van der Waals surface area (Å²) >= 11 is 0. The summed E-state index contributed by atoms with van der Waals surface area (Å²) in [7, 11) is 0. The number of carbonyl (C=O) groups excluding carboxylic acids is 1. The maximum absolute atomic E-state index is 10.2. The van der Waals surface area contributed by atoms with E-state index in [1.165, 1.54) is 0 Å². The molecular weight excluding hydrogens is 126 g/mol. The topological polar surface area (TPSA) is 30.0 Å². The van der Waals surface area contributed by atoms with Crippen LogP contribution in [-0.2, 0) is 11.2 Å². The number of pyridine rings is 1. The lowest BCUT2D eigenvalue weighted by Crippen LogP contribution is -1.93. The van der Waals surface area contributed by atoms with Crippen LogP contribution in [-0.4, -0.2) is 11.3 Å². The molecule has 0 aliphatic rings. The molecule has 0 spiro atoms. The van der Waals surface area contributed by atoms with Gasteiger partial charge in [-0.05, 0) is 18.1 Å². The van der Waals surface area contributed by atoms with Gasteiger partial charge in [-0.15, -0.1) is 0 Å². The third-order valence-electron chi connectivity index (χ3n) is 1.37. The molecule has 0 amide bonds. The molecule has 0 aliphatic carbocycles. The van der Waals surface area contributed by atoms with E-state index in [0.29, 0.717) is 5.69 Å². The second-order valence-electron chi connectivity index (χ2n) is 1.97. The van der Waals surface area contributed by atoms with E-state index >= 15 is 0 Å². The molecule has 2 heteroatoms. The van der Waals surface area contributed by atoms with E-state index in [4.69, 9.17) is 0 Å². The van der Waals surface area contributed by atoms with Crippen molar-refractivity contribution >= 4 is 6.29 Å². The number of aromatic nitrogens is 1. The van der Waals surface area contributed by atoms with Crippen molar-refractivity contribution in [1.82, 2.24) is 4.98 Å². The van der Waals surface area contributed by atoms with Gasteiger partial charge in [0.1, 0.15) is 5.69 Å². The SMILES string of the molecule is CCc1cccnc1[C]=O. The zero-order valence-corrected chi connectivity index (χ0v) is 5.79. The van der Waals surface area contributed by atoms with E-state index in [1.807, 2.05) is 19.1 Å².